The van der Waals surface area contributed by atoms with Crippen LogP contribution in [0, 0.1) is 0 Å². The van der Waals surface area contributed by atoms with E-state index in [0.29, 0.717) is 0 Å². The first-order chi connectivity index (χ1) is 12.8. The predicted octanol–water partition coefficient (Wildman–Crippen LogP) is 5.83. The number of aliphatic hydroxyl groups is 1. The van der Waals surface area contributed by atoms with Crippen LogP contribution in [0.2, 0.25) is 0 Å². The number of allylic oxidation sites excluding steroid dienone is 6. The highest BCUT2D eigenvalue weighted by atomic mass is 16.3. The first-order valence-corrected chi connectivity index (χ1v) is 9.48. The molecule has 2 aromatic carbocycles. The lowest BCUT2D eigenvalue weighted by molar-refractivity contribution is 0.128. The van der Waals surface area contributed by atoms with Gasteiger partial charge in [0.25, 0.3) is 0 Å². The van der Waals surface area contributed by atoms with Gasteiger partial charge in [-0.1, -0.05) is 78.9 Å². The Hall–Kier alpha value is -2.64. The second-order valence-corrected chi connectivity index (χ2v) is 7.29. The lowest BCUT2D eigenvalue weighted by atomic mass is 9.76. The molecule has 0 fully saturated rings. The van der Waals surface area contributed by atoms with Gasteiger partial charge in [-0.05, 0) is 53.5 Å². The minimum absolute atomic E-state index is 0.998. The van der Waals surface area contributed by atoms with E-state index < -0.39 is 5.60 Å². The second-order valence-electron chi connectivity index (χ2n) is 7.29. The zero-order chi connectivity index (χ0) is 17.6. The van der Waals surface area contributed by atoms with Gasteiger partial charge < -0.3 is 5.11 Å². The number of fused-ring (bicyclic) bond motifs is 3. The van der Waals surface area contributed by atoms with E-state index in [1.54, 1.807) is 0 Å². The molecule has 0 atom stereocenters. The van der Waals surface area contributed by atoms with Crippen LogP contribution in [-0.2, 0) is 5.60 Å². The molecule has 0 bridgehead atoms. The summed E-state index contributed by atoms with van der Waals surface area (Å²) in [7, 11) is 0. The smallest absolute Gasteiger partial charge is 0.142 e. The van der Waals surface area contributed by atoms with Crippen molar-refractivity contribution in [1.82, 2.24) is 0 Å². The molecule has 0 saturated heterocycles. The van der Waals surface area contributed by atoms with E-state index in [4.69, 9.17) is 0 Å². The monoisotopic (exact) mass is 338 g/mol. The van der Waals surface area contributed by atoms with E-state index >= 15 is 0 Å². The van der Waals surface area contributed by atoms with Crippen molar-refractivity contribution in [2.75, 3.05) is 0 Å². The fourth-order valence-corrected chi connectivity index (χ4v) is 4.69. The highest BCUT2D eigenvalue weighted by Gasteiger charge is 2.45. The zero-order valence-electron chi connectivity index (χ0n) is 14.8. The molecule has 0 aliphatic heterocycles. The summed E-state index contributed by atoms with van der Waals surface area (Å²) in [6, 6.07) is 16.6. The van der Waals surface area contributed by atoms with E-state index in [1.165, 1.54) is 11.1 Å². The van der Waals surface area contributed by atoms with Crippen LogP contribution < -0.4 is 0 Å². The standard InChI is InChI=1S/C25H22O/c26-25(22-15-7-4-12-19(22)18-10-2-1-3-11-18)23-16-8-5-13-20(23)21-14-6-9-17-24(21)25/h1-2,5-10,13-17,26H,3-4,11-12H2. The van der Waals surface area contributed by atoms with Crippen LogP contribution in [0.25, 0.3) is 11.1 Å². The highest BCUT2D eigenvalue weighted by molar-refractivity contribution is 5.83. The Labute approximate surface area is 154 Å². The molecule has 3 aliphatic carbocycles. The molecule has 0 unspecified atom stereocenters. The van der Waals surface area contributed by atoms with Crippen molar-refractivity contribution >= 4 is 0 Å². The summed E-state index contributed by atoms with van der Waals surface area (Å²) in [6.45, 7) is 0. The zero-order valence-corrected chi connectivity index (χ0v) is 14.8. The van der Waals surface area contributed by atoms with Crippen molar-refractivity contribution in [3.05, 3.63) is 107 Å². The molecule has 0 spiro atoms. The summed E-state index contributed by atoms with van der Waals surface area (Å²) < 4.78 is 0. The molecule has 0 heterocycles. The van der Waals surface area contributed by atoms with Crippen molar-refractivity contribution < 1.29 is 5.11 Å². The Morgan fingerprint density at radius 3 is 2.08 bits per heavy atom. The molecule has 26 heavy (non-hydrogen) atoms. The van der Waals surface area contributed by atoms with Gasteiger partial charge in [0.15, 0.2) is 0 Å². The van der Waals surface area contributed by atoms with E-state index in [2.05, 4.69) is 66.8 Å². The van der Waals surface area contributed by atoms with Gasteiger partial charge in [0.05, 0.1) is 0 Å². The fraction of sp³-hybridized carbons (Fsp3) is 0.200. The lowest BCUT2D eigenvalue weighted by Gasteiger charge is -2.32. The quantitative estimate of drug-likeness (QED) is 0.731. The van der Waals surface area contributed by atoms with Gasteiger partial charge in [-0.3, -0.25) is 0 Å². The van der Waals surface area contributed by atoms with Gasteiger partial charge in [0.1, 0.15) is 5.60 Å². The summed E-state index contributed by atoms with van der Waals surface area (Å²) in [6.07, 6.45) is 15.2. The molecule has 0 amide bonds. The number of hydrogen-bond donors (Lipinski definition) is 1. The molecule has 0 saturated carbocycles. The molecule has 0 radical (unpaired) electrons. The number of rotatable bonds is 2. The fourth-order valence-electron chi connectivity index (χ4n) is 4.69. The Kier molecular flexibility index (Phi) is 3.58. The van der Waals surface area contributed by atoms with Gasteiger partial charge in [-0.25, -0.2) is 0 Å². The summed E-state index contributed by atoms with van der Waals surface area (Å²) in [5.41, 5.74) is 7.00. The van der Waals surface area contributed by atoms with Gasteiger partial charge in [-0.2, -0.15) is 0 Å². The molecular formula is C25H22O. The molecular weight excluding hydrogens is 316 g/mol. The molecule has 3 aliphatic rings. The van der Waals surface area contributed by atoms with E-state index in [-0.39, 0.29) is 0 Å². The summed E-state index contributed by atoms with van der Waals surface area (Å²) in [5.74, 6) is 0. The van der Waals surface area contributed by atoms with E-state index in [0.717, 1.165) is 53.5 Å². The Morgan fingerprint density at radius 1 is 0.769 bits per heavy atom. The SMILES string of the molecule is OC1(C2=C(C3=CC=CCC3)CCC=C2)c2ccccc2-c2ccccc21. The van der Waals surface area contributed by atoms with E-state index in [1.807, 2.05) is 12.1 Å². The average Bonchev–Trinajstić information content (AvgIpc) is 2.99. The molecule has 0 aromatic heterocycles. The molecule has 1 N–H and O–H groups in total. The number of benzene rings is 2. The van der Waals surface area contributed by atoms with E-state index in [9.17, 15) is 5.11 Å². The van der Waals surface area contributed by atoms with Crippen LogP contribution in [0.4, 0.5) is 0 Å². The van der Waals surface area contributed by atoms with Crippen LogP contribution in [0.1, 0.15) is 36.8 Å². The van der Waals surface area contributed by atoms with Crippen molar-refractivity contribution in [1.29, 1.82) is 0 Å². The third-order valence-corrected chi connectivity index (χ3v) is 5.89. The molecule has 5 rings (SSSR count). The van der Waals surface area contributed by atoms with Crippen molar-refractivity contribution in [3.63, 3.8) is 0 Å². The third-order valence-electron chi connectivity index (χ3n) is 5.89. The van der Waals surface area contributed by atoms with Gasteiger partial charge in [0.2, 0.25) is 0 Å². The van der Waals surface area contributed by atoms with Crippen molar-refractivity contribution in [3.8, 4) is 11.1 Å². The van der Waals surface area contributed by atoms with Crippen LogP contribution in [-0.4, -0.2) is 5.11 Å². The van der Waals surface area contributed by atoms with Gasteiger partial charge in [0, 0.05) is 11.1 Å². The minimum atomic E-state index is -1.07. The number of hydrogen-bond acceptors (Lipinski definition) is 1. The molecule has 1 heteroatoms. The topological polar surface area (TPSA) is 20.2 Å². The third kappa shape index (κ3) is 2.14. The highest BCUT2D eigenvalue weighted by Crippen LogP contribution is 2.53. The van der Waals surface area contributed by atoms with Crippen molar-refractivity contribution in [2.45, 2.75) is 31.3 Å². The largest absolute Gasteiger partial charge is 0.376 e. The maximum absolute atomic E-state index is 12.2. The molecule has 2 aromatic rings. The Morgan fingerprint density at radius 2 is 1.42 bits per heavy atom. The normalized spacial score (nSPS) is 20.0. The minimum Gasteiger partial charge on any atom is -0.376 e. The van der Waals surface area contributed by atoms with Crippen LogP contribution in [0.5, 0.6) is 0 Å². The Balaban J connectivity index is 1.80. The van der Waals surface area contributed by atoms with Crippen LogP contribution >= 0.6 is 0 Å². The first-order valence-electron chi connectivity index (χ1n) is 9.48. The summed E-state index contributed by atoms with van der Waals surface area (Å²) in [4.78, 5) is 0. The predicted molar refractivity (Wildman–Crippen MR) is 107 cm³/mol. The summed E-state index contributed by atoms with van der Waals surface area (Å²) >= 11 is 0. The van der Waals surface area contributed by atoms with Crippen LogP contribution in [0.3, 0.4) is 0 Å². The maximum atomic E-state index is 12.2. The van der Waals surface area contributed by atoms with Gasteiger partial charge in [-0.15, -0.1) is 0 Å². The average molecular weight is 338 g/mol. The first kappa shape index (κ1) is 15.6. The summed E-state index contributed by atoms with van der Waals surface area (Å²) in [5, 5.41) is 12.2. The van der Waals surface area contributed by atoms with Crippen LogP contribution in [0.15, 0.2) is 95.6 Å². The molecule has 128 valence electrons. The van der Waals surface area contributed by atoms with Gasteiger partial charge >= 0.3 is 0 Å². The Bertz CT molecular complexity index is 955. The maximum Gasteiger partial charge on any atom is 0.142 e. The lowest BCUT2D eigenvalue weighted by Crippen LogP contribution is -2.29. The van der Waals surface area contributed by atoms with Crippen molar-refractivity contribution in [2.24, 2.45) is 0 Å². The molecule has 1 nitrogen and oxygen atoms in total. The second kappa shape index (κ2) is 5.96.